The van der Waals surface area contributed by atoms with Crippen molar-refractivity contribution in [2.45, 2.75) is 6.54 Å². The van der Waals surface area contributed by atoms with Gasteiger partial charge in [-0.2, -0.15) is 0 Å². The van der Waals surface area contributed by atoms with Gasteiger partial charge in [-0.15, -0.1) is 0 Å². The first-order chi connectivity index (χ1) is 7.26. The van der Waals surface area contributed by atoms with Crippen LogP contribution < -0.4 is 10.5 Å². The van der Waals surface area contributed by atoms with Crippen molar-refractivity contribution in [2.24, 2.45) is 5.73 Å². The quantitative estimate of drug-likeness (QED) is 0.815. The molecule has 0 atom stereocenters. The fourth-order valence-electron chi connectivity index (χ4n) is 1.55. The number of hydrogen-bond donors (Lipinski definition) is 1. The van der Waals surface area contributed by atoms with E-state index in [0.717, 1.165) is 0 Å². The molecule has 0 amide bonds. The minimum absolute atomic E-state index is 0.282. The first-order valence-electron chi connectivity index (χ1n) is 4.57. The maximum absolute atomic E-state index is 13.6. The van der Waals surface area contributed by atoms with Crippen molar-refractivity contribution < 1.29 is 9.13 Å². The second-order valence-electron chi connectivity index (χ2n) is 3.17. The molecule has 78 valence electrons. The summed E-state index contributed by atoms with van der Waals surface area (Å²) in [6.45, 7) is 0.282. The molecule has 2 N–H and O–H groups in total. The third-order valence-corrected chi connectivity index (χ3v) is 2.31. The number of methoxy groups -OCH3 is 1. The molecule has 1 aromatic heterocycles. The van der Waals surface area contributed by atoms with Crippen LogP contribution in [0.25, 0.3) is 10.8 Å². The summed E-state index contributed by atoms with van der Waals surface area (Å²) < 4.78 is 18.6. The smallest absolute Gasteiger partial charge is 0.134 e. The van der Waals surface area contributed by atoms with Crippen molar-refractivity contribution in [3.63, 3.8) is 0 Å². The van der Waals surface area contributed by atoms with Crippen molar-refractivity contribution in [3.05, 3.63) is 35.9 Å². The number of ether oxygens (including phenoxy) is 1. The zero-order valence-electron chi connectivity index (χ0n) is 8.33. The Balaban J connectivity index is 2.79. The molecule has 0 aliphatic rings. The molecule has 0 unspecified atom stereocenters. The summed E-state index contributed by atoms with van der Waals surface area (Å²) >= 11 is 0. The van der Waals surface area contributed by atoms with E-state index in [0.29, 0.717) is 22.2 Å². The minimum atomic E-state index is -0.318. The highest BCUT2D eigenvalue weighted by Gasteiger charge is 2.07. The number of nitrogens with two attached hydrogens (primary N) is 1. The Bertz CT molecular complexity index is 499. The number of rotatable bonds is 2. The Kier molecular flexibility index (Phi) is 2.51. The number of benzene rings is 1. The fraction of sp³-hybridized carbons (Fsp3) is 0.182. The monoisotopic (exact) mass is 206 g/mol. The number of halogens is 1. The third-order valence-electron chi connectivity index (χ3n) is 2.31. The van der Waals surface area contributed by atoms with Gasteiger partial charge in [0.2, 0.25) is 0 Å². The third kappa shape index (κ3) is 1.64. The Hall–Kier alpha value is -1.68. The Morgan fingerprint density at radius 3 is 2.87 bits per heavy atom. The molecule has 0 aliphatic carbocycles. The van der Waals surface area contributed by atoms with E-state index in [2.05, 4.69) is 4.98 Å². The topological polar surface area (TPSA) is 48.1 Å². The number of nitrogens with zero attached hydrogens (tertiary/aromatic N) is 1. The van der Waals surface area contributed by atoms with Gasteiger partial charge in [0.25, 0.3) is 0 Å². The van der Waals surface area contributed by atoms with Gasteiger partial charge in [0, 0.05) is 29.6 Å². The molecule has 1 heterocycles. The van der Waals surface area contributed by atoms with Crippen LogP contribution in [-0.2, 0) is 6.54 Å². The van der Waals surface area contributed by atoms with Gasteiger partial charge in [-0.1, -0.05) is 0 Å². The van der Waals surface area contributed by atoms with Gasteiger partial charge < -0.3 is 10.5 Å². The minimum Gasteiger partial charge on any atom is -0.497 e. The maximum Gasteiger partial charge on any atom is 0.134 e. The summed E-state index contributed by atoms with van der Waals surface area (Å²) in [5, 5.41) is 1.23. The van der Waals surface area contributed by atoms with E-state index >= 15 is 0 Å². The summed E-state index contributed by atoms with van der Waals surface area (Å²) in [4.78, 5) is 4.09. The summed E-state index contributed by atoms with van der Waals surface area (Å²) in [5.74, 6) is 0.157. The van der Waals surface area contributed by atoms with E-state index in [1.807, 2.05) is 0 Å². The predicted octanol–water partition coefficient (Wildman–Crippen LogP) is 1.84. The maximum atomic E-state index is 13.6. The summed E-state index contributed by atoms with van der Waals surface area (Å²) in [6.07, 6.45) is 1.56. The van der Waals surface area contributed by atoms with Crippen LogP contribution in [0.3, 0.4) is 0 Å². The zero-order valence-corrected chi connectivity index (χ0v) is 8.33. The lowest BCUT2D eigenvalue weighted by molar-refractivity contribution is 0.412. The lowest BCUT2D eigenvalue weighted by Crippen LogP contribution is -2.01. The predicted molar refractivity (Wildman–Crippen MR) is 56.1 cm³/mol. The van der Waals surface area contributed by atoms with E-state index in [1.54, 1.807) is 18.3 Å². The molecular formula is C11H11FN2O. The van der Waals surface area contributed by atoms with E-state index in [9.17, 15) is 4.39 Å². The SMILES string of the molecule is COc1cc(F)c2ccnc(CN)c2c1. The second kappa shape index (κ2) is 3.82. The number of aromatic nitrogens is 1. The van der Waals surface area contributed by atoms with Crippen LogP contribution >= 0.6 is 0 Å². The molecule has 1 aromatic carbocycles. The number of fused-ring (bicyclic) bond motifs is 1. The van der Waals surface area contributed by atoms with Crippen molar-refractivity contribution in [1.82, 2.24) is 4.98 Å². The average molecular weight is 206 g/mol. The van der Waals surface area contributed by atoms with Gasteiger partial charge in [-0.05, 0) is 12.1 Å². The van der Waals surface area contributed by atoms with Gasteiger partial charge in [-0.3, -0.25) is 4.98 Å². The van der Waals surface area contributed by atoms with Crippen LogP contribution in [0.1, 0.15) is 5.69 Å². The molecule has 0 bridgehead atoms. The Labute approximate surface area is 86.7 Å². The summed E-state index contributed by atoms with van der Waals surface area (Å²) in [7, 11) is 1.50. The van der Waals surface area contributed by atoms with Crippen molar-refractivity contribution in [3.8, 4) is 5.75 Å². The van der Waals surface area contributed by atoms with Gasteiger partial charge in [0.15, 0.2) is 0 Å². The highest BCUT2D eigenvalue weighted by Crippen LogP contribution is 2.25. The molecule has 3 nitrogen and oxygen atoms in total. The van der Waals surface area contributed by atoms with Crippen LogP contribution in [-0.4, -0.2) is 12.1 Å². The highest BCUT2D eigenvalue weighted by molar-refractivity contribution is 5.86. The van der Waals surface area contributed by atoms with Crippen LogP contribution in [0.4, 0.5) is 4.39 Å². The summed E-state index contributed by atoms with van der Waals surface area (Å²) in [6, 6.07) is 4.72. The first-order valence-corrected chi connectivity index (χ1v) is 4.57. The number of pyridine rings is 1. The molecule has 0 spiro atoms. The van der Waals surface area contributed by atoms with Crippen LogP contribution in [0.2, 0.25) is 0 Å². The zero-order chi connectivity index (χ0) is 10.8. The molecular weight excluding hydrogens is 195 g/mol. The van der Waals surface area contributed by atoms with E-state index < -0.39 is 0 Å². The second-order valence-corrected chi connectivity index (χ2v) is 3.17. The van der Waals surface area contributed by atoms with Crippen LogP contribution in [0.5, 0.6) is 5.75 Å². The molecule has 2 aromatic rings. The highest BCUT2D eigenvalue weighted by atomic mass is 19.1. The molecule has 0 saturated carbocycles. The first kappa shape index (κ1) is 9.86. The van der Waals surface area contributed by atoms with Crippen molar-refractivity contribution in [1.29, 1.82) is 0 Å². The summed E-state index contributed by atoms with van der Waals surface area (Å²) in [5.41, 5.74) is 6.20. The molecule has 0 aliphatic heterocycles. The van der Waals surface area contributed by atoms with Gasteiger partial charge in [-0.25, -0.2) is 4.39 Å². The lowest BCUT2D eigenvalue weighted by atomic mass is 10.1. The molecule has 0 saturated heterocycles. The van der Waals surface area contributed by atoms with Gasteiger partial charge >= 0.3 is 0 Å². The van der Waals surface area contributed by atoms with Crippen molar-refractivity contribution >= 4 is 10.8 Å². The van der Waals surface area contributed by atoms with Gasteiger partial charge in [0.1, 0.15) is 11.6 Å². The van der Waals surface area contributed by atoms with Crippen LogP contribution in [0, 0.1) is 5.82 Å². The fourth-order valence-corrected chi connectivity index (χ4v) is 1.55. The molecule has 2 rings (SSSR count). The normalized spacial score (nSPS) is 10.6. The van der Waals surface area contributed by atoms with Crippen LogP contribution in [0.15, 0.2) is 24.4 Å². The molecule has 4 heteroatoms. The average Bonchev–Trinajstić information content (AvgIpc) is 2.28. The largest absolute Gasteiger partial charge is 0.497 e. The van der Waals surface area contributed by atoms with Crippen molar-refractivity contribution in [2.75, 3.05) is 7.11 Å². The lowest BCUT2D eigenvalue weighted by Gasteiger charge is -2.06. The molecule has 0 fully saturated rings. The number of hydrogen-bond acceptors (Lipinski definition) is 3. The Morgan fingerprint density at radius 1 is 1.40 bits per heavy atom. The standard InChI is InChI=1S/C11H11FN2O/c1-15-7-4-9-8(10(12)5-7)2-3-14-11(9)6-13/h2-5H,6,13H2,1H3. The van der Waals surface area contributed by atoms with Gasteiger partial charge in [0.05, 0.1) is 12.8 Å². The Morgan fingerprint density at radius 2 is 2.20 bits per heavy atom. The molecule has 15 heavy (non-hydrogen) atoms. The molecule has 0 radical (unpaired) electrons. The van der Waals surface area contributed by atoms with E-state index in [4.69, 9.17) is 10.5 Å². The van der Waals surface area contributed by atoms with E-state index in [-0.39, 0.29) is 12.4 Å². The van der Waals surface area contributed by atoms with E-state index in [1.165, 1.54) is 13.2 Å².